The molecule has 2 aliphatic heterocycles. The summed E-state index contributed by atoms with van der Waals surface area (Å²) in [5.41, 5.74) is 2.38. The highest BCUT2D eigenvalue weighted by molar-refractivity contribution is 7.89. The van der Waals surface area contributed by atoms with E-state index in [9.17, 15) is 18.0 Å². The summed E-state index contributed by atoms with van der Waals surface area (Å²) in [5, 5.41) is 4.51. The molecule has 2 aromatic carbocycles. The first kappa shape index (κ1) is 23.3. The van der Waals surface area contributed by atoms with Crippen molar-refractivity contribution in [1.29, 1.82) is 0 Å². The van der Waals surface area contributed by atoms with E-state index in [-0.39, 0.29) is 22.6 Å². The topological polar surface area (TPSA) is 105 Å². The van der Waals surface area contributed by atoms with Gasteiger partial charge in [-0.3, -0.25) is 9.59 Å². The number of nitrogens with zero attached hydrogens (tertiary/aromatic N) is 2. The van der Waals surface area contributed by atoms with Crippen LogP contribution in [0.15, 0.2) is 46.3 Å². The van der Waals surface area contributed by atoms with Crippen LogP contribution in [0, 0.1) is 19.8 Å². The van der Waals surface area contributed by atoms with Crippen LogP contribution in [0.25, 0.3) is 6.08 Å². The first-order chi connectivity index (χ1) is 15.8. The van der Waals surface area contributed by atoms with Crippen molar-refractivity contribution in [1.82, 2.24) is 9.62 Å². The highest BCUT2D eigenvalue weighted by Crippen LogP contribution is 2.18. The zero-order valence-electron chi connectivity index (χ0n) is 18.7. The smallest absolute Gasteiger partial charge is 0.253 e. The van der Waals surface area contributed by atoms with Crippen LogP contribution in [0.5, 0.6) is 0 Å². The number of carbonyl (C=O) groups is 2. The van der Waals surface area contributed by atoms with Crippen molar-refractivity contribution in [2.45, 2.75) is 25.2 Å². The number of benzene rings is 2. The van der Waals surface area contributed by atoms with Gasteiger partial charge in [-0.25, -0.2) is 13.4 Å². The lowest BCUT2D eigenvalue weighted by Gasteiger charge is -2.26. The van der Waals surface area contributed by atoms with Gasteiger partial charge in [0.1, 0.15) is 0 Å². The van der Waals surface area contributed by atoms with Gasteiger partial charge in [0.05, 0.1) is 29.4 Å². The Balaban J connectivity index is 1.38. The van der Waals surface area contributed by atoms with Gasteiger partial charge in [0, 0.05) is 30.4 Å². The van der Waals surface area contributed by atoms with E-state index in [1.807, 2.05) is 32.1 Å². The van der Waals surface area contributed by atoms with Gasteiger partial charge in [-0.05, 0) is 55.7 Å². The van der Waals surface area contributed by atoms with E-state index < -0.39 is 10.0 Å². The minimum absolute atomic E-state index is 0.147. The van der Waals surface area contributed by atoms with Crippen molar-refractivity contribution in [3.05, 3.63) is 63.7 Å². The van der Waals surface area contributed by atoms with E-state index in [0.29, 0.717) is 44.8 Å². The number of hydrogen-bond donors (Lipinski definition) is 1. The van der Waals surface area contributed by atoms with Gasteiger partial charge in [-0.1, -0.05) is 18.2 Å². The van der Waals surface area contributed by atoms with E-state index >= 15 is 0 Å². The number of carbonyl (C=O) groups excluding carboxylic acids is 2. The minimum Gasteiger partial charge on any atom is -0.379 e. The summed E-state index contributed by atoms with van der Waals surface area (Å²) in [5.74, 6) is -0.916. The van der Waals surface area contributed by atoms with E-state index in [1.165, 1.54) is 28.6 Å². The maximum Gasteiger partial charge on any atom is 0.253 e. The maximum atomic E-state index is 12.7. The summed E-state index contributed by atoms with van der Waals surface area (Å²) in [4.78, 5) is 29.4. The van der Waals surface area contributed by atoms with E-state index in [0.717, 1.165) is 21.7 Å². The normalized spacial score (nSPS) is 18.7. The maximum absolute atomic E-state index is 12.7. The molecule has 9 heteroatoms. The van der Waals surface area contributed by atoms with Crippen LogP contribution >= 0.6 is 0 Å². The molecule has 2 amide bonds. The van der Waals surface area contributed by atoms with Gasteiger partial charge in [0.2, 0.25) is 10.0 Å². The van der Waals surface area contributed by atoms with Gasteiger partial charge < -0.3 is 10.1 Å². The van der Waals surface area contributed by atoms with Crippen LogP contribution < -0.4 is 15.9 Å². The average molecular weight is 470 g/mol. The van der Waals surface area contributed by atoms with E-state index in [4.69, 9.17) is 4.74 Å². The number of rotatable bonds is 6. The lowest BCUT2D eigenvalue weighted by molar-refractivity contribution is -0.120. The fraction of sp³-hybridized carbons (Fsp3) is 0.375. The van der Waals surface area contributed by atoms with E-state index in [1.54, 1.807) is 0 Å². The minimum atomic E-state index is -3.60. The molecule has 33 heavy (non-hydrogen) atoms. The van der Waals surface area contributed by atoms with Crippen molar-refractivity contribution < 1.29 is 22.7 Å². The second-order valence-corrected chi connectivity index (χ2v) is 10.2. The first-order valence-corrected chi connectivity index (χ1v) is 12.4. The van der Waals surface area contributed by atoms with Gasteiger partial charge >= 0.3 is 0 Å². The molecule has 0 spiro atoms. The lowest BCUT2D eigenvalue weighted by atomic mass is 9.97. The molecule has 174 valence electrons. The number of morpholine rings is 1. The molecule has 2 heterocycles. The number of sulfonamides is 1. The third-order valence-electron chi connectivity index (χ3n) is 6.01. The molecule has 1 unspecified atom stereocenters. The second kappa shape index (κ2) is 9.54. The molecule has 0 aromatic heterocycles. The Hall–Kier alpha value is -2.88. The fourth-order valence-corrected chi connectivity index (χ4v) is 5.41. The third kappa shape index (κ3) is 4.90. The van der Waals surface area contributed by atoms with Crippen LogP contribution in [-0.2, 0) is 19.6 Å². The molecule has 1 fully saturated rings. The molecule has 8 nitrogen and oxygen atoms in total. The number of hydrogen-bond acceptors (Lipinski definition) is 5. The van der Waals surface area contributed by atoms with Crippen LogP contribution in [0.3, 0.4) is 0 Å². The molecular weight excluding hydrogens is 442 g/mol. The highest BCUT2D eigenvalue weighted by Gasteiger charge is 2.26. The van der Waals surface area contributed by atoms with Crippen LogP contribution in [0.2, 0.25) is 0 Å². The summed E-state index contributed by atoms with van der Waals surface area (Å²) in [6.45, 7) is 5.60. The summed E-state index contributed by atoms with van der Waals surface area (Å²) < 4.78 is 32.0. The SMILES string of the molecule is Cc1ccc(C)c2c1=CC(CCNC(=O)c1ccc(S(=O)(=O)N3CCOCC3)cc1)C(=O)N=2. The number of nitrogens with one attached hydrogen (secondary N) is 1. The van der Waals surface area contributed by atoms with Gasteiger partial charge in [-0.15, -0.1) is 0 Å². The molecule has 0 radical (unpaired) electrons. The molecule has 0 saturated carbocycles. The van der Waals surface area contributed by atoms with Crippen molar-refractivity contribution >= 4 is 27.9 Å². The van der Waals surface area contributed by atoms with E-state index in [2.05, 4.69) is 10.3 Å². The average Bonchev–Trinajstić information content (AvgIpc) is 2.83. The fourth-order valence-electron chi connectivity index (χ4n) is 4.01. The van der Waals surface area contributed by atoms with Gasteiger partial charge in [0.15, 0.2) is 0 Å². The Kier molecular flexibility index (Phi) is 6.73. The molecule has 1 N–H and O–H groups in total. The van der Waals surface area contributed by atoms with Crippen LogP contribution in [0.1, 0.15) is 27.9 Å². The second-order valence-electron chi connectivity index (χ2n) is 8.27. The first-order valence-electron chi connectivity index (χ1n) is 10.9. The summed E-state index contributed by atoms with van der Waals surface area (Å²) >= 11 is 0. The Labute approximate surface area is 193 Å². The third-order valence-corrected chi connectivity index (χ3v) is 7.92. The number of aryl methyl sites for hydroxylation is 2. The van der Waals surface area contributed by atoms with Crippen molar-refractivity contribution in [3.63, 3.8) is 0 Å². The number of ether oxygens (including phenoxy) is 1. The van der Waals surface area contributed by atoms with Crippen molar-refractivity contribution in [2.75, 3.05) is 32.8 Å². The van der Waals surface area contributed by atoms with Crippen molar-refractivity contribution in [3.8, 4) is 0 Å². The highest BCUT2D eigenvalue weighted by atomic mass is 32.2. The molecule has 4 rings (SSSR count). The molecule has 0 aliphatic carbocycles. The summed E-state index contributed by atoms with van der Waals surface area (Å²) in [7, 11) is -3.60. The lowest BCUT2D eigenvalue weighted by Crippen LogP contribution is -2.40. The molecule has 2 aliphatic rings. The van der Waals surface area contributed by atoms with Crippen LogP contribution in [-0.4, -0.2) is 57.4 Å². The molecular formula is C24H27N3O5S. The Morgan fingerprint density at radius 2 is 1.76 bits per heavy atom. The molecule has 1 saturated heterocycles. The standard InChI is InChI=1S/C24H27N3O5S/c1-16-3-4-17(2)22-21(16)15-19(24(29)26-22)9-10-25-23(28)18-5-7-20(8-6-18)33(30,31)27-11-13-32-14-12-27/h3-8,15,19H,9-14H2,1-2H3,(H,25,28). The molecule has 1 atom stereocenters. The molecule has 0 bridgehead atoms. The predicted octanol–water partition coefficient (Wildman–Crippen LogP) is 0.701. The Bertz CT molecular complexity index is 1300. The Morgan fingerprint density at radius 1 is 1.09 bits per heavy atom. The largest absolute Gasteiger partial charge is 0.379 e. The monoisotopic (exact) mass is 469 g/mol. The van der Waals surface area contributed by atoms with Gasteiger partial charge in [0.25, 0.3) is 11.8 Å². The van der Waals surface area contributed by atoms with Gasteiger partial charge in [-0.2, -0.15) is 4.31 Å². The molecule has 2 aromatic rings. The number of fused-ring (bicyclic) bond motifs is 1. The zero-order chi connectivity index (χ0) is 23.6. The van der Waals surface area contributed by atoms with Crippen molar-refractivity contribution in [2.24, 2.45) is 10.9 Å². The zero-order valence-corrected chi connectivity index (χ0v) is 19.5. The summed E-state index contributed by atoms with van der Waals surface area (Å²) in [6.07, 6.45) is 2.37. The quantitative estimate of drug-likeness (QED) is 0.671. The number of amides is 2. The Morgan fingerprint density at radius 3 is 2.45 bits per heavy atom. The van der Waals surface area contributed by atoms with Crippen LogP contribution in [0.4, 0.5) is 0 Å². The predicted molar refractivity (Wildman–Crippen MR) is 123 cm³/mol. The summed E-state index contributed by atoms with van der Waals surface area (Å²) in [6, 6.07) is 9.85.